The predicted octanol–water partition coefficient (Wildman–Crippen LogP) is 3.41. The second-order valence-corrected chi connectivity index (χ2v) is 7.97. The predicted molar refractivity (Wildman–Crippen MR) is 110 cm³/mol. The lowest BCUT2D eigenvalue weighted by molar-refractivity contribution is 0.172. The molecule has 3 N–H and O–H groups in total. The first-order chi connectivity index (χ1) is 13.4. The molecule has 1 aliphatic heterocycles. The van der Waals surface area contributed by atoms with Gasteiger partial charge in [-0.05, 0) is 26.1 Å². The number of halogens is 1. The normalized spacial score (nSPS) is 20.1. The molecule has 2 atom stereocenters. The smallest absolute Gasteiger partial charge is 0.197 e. The van der Waals surface area contributed by atoms with E-state index in [4.69, 9.17) is 4.42 Å². The van der Waals surface area contributed by atoms with Crippen molar-refractivity contribution in [3.05, 3.63) is 56.7 Å². The van der Waals surface area contributed by atoms with Crippen molar-refractivity contribution >= 4 is 26.9 Å². The number of hydrogen-bond acceptors (Lipinski definition) is 6. The molecule has 1 saturated heterocycles. The monoisotopic (exact) mass is 445 g/mol. The van der Waals surface area contributed by atoms with Crippen LogP contribution in [0.4, 0.5) is 0 Å². The number of phenols is 2. The van der Waals surface area contributed by atoms with Crippen molar-refractivity contribution in [3.63, 3.8) is 0 Å². The second kappa shape index (κ2) is 7.24. The Labute approximate surface area is 169 Å². The lowest BCUT2D eigenvalue weighted by Gasteiger charge is -2.24. The Kier molecular flexibility index (Phi) is 4.91. The molecule has 0 amide bonds. The summed E-state index contributed by atoms with van der Waals surface area (Å²) in [4.78, 5) is 14.8. The van der Waals surface area contributed by atoms with Crippen LogP contribution in [0.15, 0.2) is 50.1 Å². The third-order valence-electron chi connectivity index (χ3n) is 5.52. The third-order valence-corrected chi connectivity index (χ3v) is 6.21. The summed E-state index contributed by atoms with van der Waals surface area (Å²) in [7, 11) is 1.91. The molecule has 0 aliphatic carbocycles. The highest BCUT2D eigenvalue weighted by molar-refractivity contribution is 9.10. The standard InChI is InChI=1S/C21H20BrNO5/c1-23-7-6-12(14(23)10-24)19-15(25)8-16(26)20-17(27)9-18(28-21(19)20)11-4-2-3-5-13(11)22/h2-5,8-9,12,14,24-26H,6-7,10H2,1H3. The molecule has 0 saturated carbocycles. The zero-order valence-electron chi connectivity index (χ0n) is 15.2. The van der Waals surface area contributed by atoms with Gasteiger partial charge < -0.3 is 24.6 Å². The Bertz CT molecular complexity index is 1110. The molecule has 2 aromatic carbocycles. The summed E-state index contributed by atoms with van der Waals surface area (Å²) in [5, 5.41) is 30.8. The molecule has 2 unspecified atom stereocenters. The Morgan fingerprint density at radius 2 is 1.96 bits per heavy atom. The maximum atomic E-state index is 12.8. The van der Waals surface area contributed by atoms with Crippen molar-refractivity contribution in [2.75, 3.05) is 20.2 Å². The first-order valence-electron chi connectivity index (χ1n) is 9.01. The minimum Gasteiger partial charge on any atom is -0.507 e. The van der Waals surface area contributed by atoms with Gasteiger partial charge in [-0.25, -0.2) is 0 Å². The van der Waals surface area contributed by atoms with E-state index in [-0.39, 0.29) is 41.0 Å². The number of aliphatic hydroxyl groups is 1. The highest BCUT2D eigenvalue weighted by Gasteiger charge is 2.36. The molecule has 1 aromatic heterocycles. The molecular weight excluding hydrogens is 426 g/mol. The van der Waals surface area contributed by atoms with Crippen molar-refractivity contribution in [3.8, 4) is 22.8 Å². The average Bonchev–Trinajstić information content (AvgIpc) is 3.01. The van der Waals surface area contributed by atoms with Gasteiger partial charge in [-0.2, -0.15) is 0 Å². The molecule has 2 heterocycles. The minimum atomic E-state index is -0.391. The van der Waals surface area contributed by atoms with E-state index in [1.807, 2.05) is 36.2 Å². The molecule has 0 spiro atoms. The summed E-state index contributed by atoms with van der Waals surface area (Å²) < 4.78 is 6.85. The maximum absolute atomic E-state index is 12.8. The van der Waals surface area contributed by atoms with Gasteiger partial charge in [0.2, 0.25) is 0 Å². The topological polar surface area (TPSA) is 94.1 Å². The van der Waals surface area contributed by atoms with Crippen LogP contribution in [-0.4, -0.2) is 46.5 Å². The van der Waals surface area contributed by atoms with Crippen molar-refractivity contribution in [2.24, 2.45) is 0 Å². The Morgan fingerprint density at radius 1 is 1.21 bits per heavy atom. The van der Waals surface area contributed by atoms with Gasteiger partial charge in [0.05, 0.1) is 6.61 Å². The zero-order valence-corrected chi connectivity index (χ0v) is 16.8. The molecule has 28 heavy (non-hydrogen) atoms. The van der Waals surface area contributed by atoms with Crippen LogP contribution in [-0.2, 0) is 0 Å². The van der Waals surface area contributed by atoms with Gasteiger partial charge in [-0.3, -0.25) is 4.79 Å². The maximum Gasteiger partial charge on any atom is 0.197 e. The van der Waals surface area contributed by atoms with Gasteiger partial charge >= 0.3 is 0 Å². The number of phenolic OH excluding ortho intramolecular Hbond substituents is 2. The highest BCUT2D eigenvalue weighted by Crippen LogP contribution is 2.44. The van der Waals surface area contributed by atoms with Crippen molar-refractivity contribution in [1.82, 2.24) is 4.90 Å². The van der Waals surface area contributed by atoms with Crippen molar-refractivity contribution in [2.45, 2.75) is 18.4 Å². The number of rotatable bonds is 3. The Hall–Kier alpha value is -2.35. The highest BCUT2D eigenvalue weighted by atomic mass is 79.9. The molecule has 1 aliphatic rings. The number of aliphatic hydroxyl groups excluding tert-OH is 1. The third kappa shape index (κ3) is 2.99. The van der Waals surface area contributed by atoms with E-state index in [0.29, 0.717) is 23.3 Å². The number of hydrogen-bond donors (Lipinski definition) is 3. The molecular formula is C21H20BrNO5. The van der Waals surface area contributed by atoms with E-state index >= 15 is 0 Å². The van der Waals surface area contributed by atoms with Crippen LogP contribution in [0.2, 0.25) is 0 Å². The number of likely N-dealkylation sites (tertiary alicyclic amines) is 1. The fraction of sp³-hybridized carbons (Fsp3) is 0.286. The van der Waals surface area contributed by atoms with Crippen molar-refractivity contribution in [1.29, 1.82) is 0 Å². The lowest BCUT2D eigenvalue weighted by atomic mass is 9.89. The van der Waals surface area contributed by atoms with E-state index in [9.17, 15) is 20.1 Å². The van der Waals surface area contributed by atoms with Gasteiger partial charge in [0.15, 0.2) is 5.43 Å². The fourth-order valence-electron chi connectivity index (χ4n) is 4.09. The Balaban J connectivity index is 2.03. The average molecular weight is 446 g/mol. The van der Waals surface area contributed by atoms with Gasteiger partial charge in [0.1, 0.15) is 28.2 Å². The van der Waals surface area contributed by atoms with Crippen LogP contribution >= 0.6 is 15.9 Å². The van der Waals surface area contributed by atoms with Crippen LogP contribution in [0.25, 0.3) is 22.3 Å². The van der Waals surface area contributed by atoms with E-state index in [2.05, 4.69) is 15.9 Å². The van der Waals surface area contributed by atoms with Gasteiger partial charge in [0, 0.05) is 39.7 Å². The summed E-state index contributed by atoms with van der Waals surface area (Å²) in [6.45, 7) is 0.656. The largest absolute Gasteiger partial charge is 0.507 e. The van der Waals surface area contributed by atoms with E-state index < -0.39 is 5.43 Å². The number of benzene rings is 2. The zero-order chi connectivity index (χ0) is 20.0. The molecule has 146 valence electrons. The van der Waals surface area contributed by atoms with E-state index in [0.717, 1.165) is 11.0 Å². The van der Waals surface area contributed by atoms with Gasteiger partial charge in [-0.15, -0.1) is 0 Å². The Morgan fingerprint density at radius 3 is 2.68 bits per heavy atom. The summed E-state index contributed by atoms with van der Waals surface area (Å²) in [6, 6.07) is 9.66. The first kappa shape index (κ1) is 19.0. The van der Waals surface area contributed by atoms with Gasteiger partial charge in [-0.1, -0.05) is 34.1 Å². The molecule has 0 bridgehead atoms. The molecule has 4 rings (SSSR count). The SMILES string of the molecule is CN1CCC(c2c(O)cc(O)c3c(=O)cc(-c4ccccc4Br)oc23)C1CO. The van der Waals surface area contributed by atoms with Crippen LogP contribution in [0.1, 0.15) is 17.9 Å². The number of aromatic hydroxyl groups is 2. The lowest BCUT2D eigenvalue weighted by Crippen LogP contribution is -2.32. The molecule has 0 radical (unpaired) electrons. The summed E-state index contributed by atoms with van der Waals surface area (Å²) >= 11 is 3.46. The number of fused-ring (bicyclic) bond motifs is 1. The van der Waals surface area contributed by atoms with Gasteiger partial charge in [0.25, 0.3) is 0 Å². The summed E-state index contributed by atoms with van der Waals surface area (Å²) in [5.74, 6) is -0.356. The van der Waals surface area contributed by atoms with Crippen LogP contribution < -0.4 is 5.43 Å². The summed E-state index contributed by atoms with van der Waals surface area (Å²) in [5.41, 5.74) is 0.909. The fourth-order valence-corrected chi connectivity index (χ4v) is 4.57. The first-order valence-corrected chi connectivity index (χ1v) is 9.80. The van der Waals surface area contributed by atoms with Crippen LogP contribution in [0, 0.1) is 0 Å². The van der Waals surface area contributed by atoms with Crippen molar-refractivity contribution < 1.29 is 19.7 Å². The number of nitrogens with zero attached hydrogens (tertiary/aromatic N) is 1. The molecule has 1 fully saturated rings. The van der Waals surface area contributed by atoms with E-state index in [1.54, 1.807) is 0 Å². The number of likely N-dealkylation sites (N-methyl/N-ethyl adjacent to an activating group) is 1. The quantitative estimate of drug-likeness (QED) is 0.571. The molecule has 7 heteroatoms. The molecule has 6 nitrogen and oxygen atoms in total. The second-order valence-electron chi connectivity index (χ2n) is 7.11. The minimum absolute atomic E-state index is 0.0369. The van der Waals surface area contributed by atoms with Crippen LogP contribution in [0.5, 0.6) is 11.5 Å². The van der Waals surface area contributed by atoms with Crippen LogP contribution in [0.3, 0.4) is 0 Å². The van der Waals surface area contributed by atoms with E-state index in [1.165, 1.54) is 12.1 Å². The summed E-state index contributed by atoms with van der Waals surface area (Å²) in [6.07, 6.45) is 0.693. The molecule has 3 aromatic rings.